The highest BCUT2D eigenvalue weighted by atomic mass is 32.2. The van der Waals surface area contributed by atoms with Gasteiger partial charge in [-0.1, -0.05) is 23.4 Å². The lowest BCUT2D eigenvalue weighted by Gasteiger charge is -2.42. The average molecular weight is 461 g/mol. The van der Waals surface area contributed by atoms with Gasteiger partial charge in [-0.15, -0.1) is 6.58 Å². The van der Waals surface area contributed by atoms with Crippen LogP contribution in [0.5, 0.6) is 0 Å². The number of Topliss-reactive ketones (excluding diaryl/α,β-unsaturated/α-hetero) is 1. The van der Waals surface area contributed by atoms with Crippen molar-refractivity contribution in [1.29, 1.82) is 0 Å². The third-order valence-corrected chi connectivity index (χ3v) is 6.58. The molecule has 172 valence electrons. The van der Waals surface area contributed by atoms with Crippen LogP contribution in [0.2, 0.25) is 0 Å². The summed E-state index contributed by atoms with van der Waals surface area (Å²) in [6, 6.07) is 0.0187. The molecule has 0 bridgehead atoms. The molecule has 0 aromatic rings. The first-order chi connectivity index (χ1) is 15.4. The number of allylic oxidation sites excluding steroid dienone is 4. The van der Waals surface area contributed by atoms with E-state index in [0.29, 0.717) is 47.6 Å². The van der Waals surface area contributed by atoms with Crippen LogP contribution in [0, 0.1) is 5.92 Å². The molecule has 3 aliphatic heterocycles. The number of carbonyl (C=O) groups is 1. The summed E-state index contributed by atoms with van der Waals surface area (Å²) in [7, 11) is 0. The van der Waals surface area contributed by atoms with Crippen LogP contribution in [0.3, 0.4) is 0 Å². The Bertz CT molecular complexity index is 968. The van der Waals surface area contributed by atoms with E-state index in [1.54, 1.807) is 13.0 Å². The topological polar surface area (TPSA) is 75.2 Å². The second-order valence-electron chi connectivity index (χ2n) is 8.31. The summed E-state index contributed by atoms with van der Waals surface area (Å²) in [6.07, 6.45) is 5.17. The van der Waals surface area contributed by atoms with Crippen molar-refractivity contribution in [3.05, 3.63) is 58.9 Å². The largest absolute Gasteiger partial charge is 0.489 e. The van der Waals surface area contributed by atoms with Crippen molar-refractivity contribution in [3.8, 4) is 0 Å². The van der Waals surface area contributed by atoms with Crippen molar-refractivity contribution in [1.82, 2.24) is 15.8 Å². The highest BCUT2D eigenvalue weighted by Gasteiger charge is 2.43. The van der Waals surface area contributed by atoms with Gasteiger partial charge in [-0.05, 0) is 33.3 Å². The van der Waals surface area contributed by atoms with E-state index in [9.17, 15) is 9.18 Å². The molecular formula is C23H29FN4O3S. The van der Waals surface area contributed by atoms with Gasteiger partial charge in [-0.3, -0.25) is 10.2 Å². The molecule has 0 radical (unpaired) electrons. The molecule has 3 unspecified atom stereocenters. The average Bonchev–Trinajstić information content (AvgIpc) is 3.18. The molecule has 0 aromatic carbocycles. The number of carbonyl (C=O) groups excluding carboxylic acids is 1. The molecule has 3 heterocycles. The predicted octanol–water partition coefficient (Wildman–Crippen LogP) is 3.32. The molecule has 0 aromatic heterocycles. The highest BCUT2D eigenvalue weighted by molar-refractivity contribution is 8.13. The van der Waals surface area contributed by atoms with Crippen molar-refractivity contribution in [2.24, 2.45) is 10.9 Å². The van der Waals surface area contributed by atoms with E-state index in [1.807, 2.05) is 24.9 Å². The minimum atomic E-state index is -0.605. The fourth-order valence-corrected chi connectivity index (χ4v) is 4.61. The first-order valence-corrected chi connectivity index (χ1v) is 11.8. The second kappa shape index (κ2) is 9.64. The smallest absolute Gasteiger partial charge is 0.176 e. The quantitative estimate of drug-likeness (QED) is 0.446. The number of amidine groups is 1. The van der Waals surface area contributed by atoms with E-state index in [1.165, 1.54) is 17.8 Å². The van der Waals surface area contributed by atoms with E-state index < -0.39 is 12.1 Å². The standard InChI is InChI=1S/C23H29FN4O3S/c1-13(2)7-8-30-9-10-32-23-25-22(26-27-23)17-11-28-14(3)12-31-21-15(4)18(24)6-5-16(19(21)28)20(17)29/h5-6,11,14,16,22,26H,1,7-10,12H2,2-4H3,(H,25,27). The molecule has 4 rings (SSSR count). The van der Waals surface area contributed by atoms with Gasteiger partial charge >= 0.3 is 0 Å². The number of rotatable bonds is 7. The van der Waals surface area contributed by atoms with Gasteiger partial charge in [0, 0.05) is 17.5 Å². The fourth-order valence-electron chi connectivity index (χ4n) is 3.91. The Kier molecular flexibility index (Phi) is 6.88. The molecule has 0 fully saturated rings. The van der Waals surface area contributed by atoms with Crippen LogP contribution >= 0.6 is 11.8 Å². The number of hydrazine groups is 1. The molecular weight excluding hydrogens is 431 g/mol. The maximum atomic E-state index is 14.4. The minimum absolute atomic E-state index is 0.0187. The second-order valence-corrected chi connectivity index (χ2v) is 9.40. The molecule has 0 saturated carbocycles. The Hall–Kier alpha value is -2.36. The van der Waals surface area contributed by atoms with E-state index in [-0.39, 0.29) is 17.7 Å². The van der Waals surface area contributed by atoms with E-state index in [0.717, 1.165) is 17.7 Å². The minimum Gasteiger partial charge on any atom is -0.489 e. The van der Waals surface area contributed by atoms with Crippen LogP contribution in [-0.4, -0.2) is 53.6 Å². The van der Waals surface area contributed by atoms with Crippen LogP contribution in [0.1, 0.15) is 27.2 Å². The maximum Gasteiger partial charge on any atom is 0.176 e. The molecule has 0 saturated heterocycles. The van der Waals surface area contributed by atoms with Gasteiger partial charge in [0.25, 0.3) is 0 Å². The van der Waals surface area contributed by atoms with Crippen molar-refractivity contribution >= 4 is 22.7 Å². The van der Waals surface area contributed by atoms with Crippen LogP contribution in [0.4, 0.5) is 4.39 Å². The van der Waals surface area contributed by atoms with Crippen molar-refractivity contribution in [2.45, 2.75) is 39.4 Å². The Labute approximate surface area is 192 Å². The molecule has 0 amide bonds. The Morgan fingerprint density at radius 2 is 2.28 bits per heavy atom. The van der Waals surface area contributed by atoms with Gasteiger partial charge in [0.15, 0.2) is 11.0 Å². The third-order valence-electron chi connectivity index (χ3n) is 5.72. The van der Waals surface area contributed by atoms with Gasteiger partial charge in [0.2, 0.25) is 0 Å². The zero-order valence-corrected chi connectivity index (χ0v) is 19.4. The summed E-state index contributed by atoms with van der Waals surface area (Å²) in [5.74, 6) is 0.112. The zero-order valence-electron chi connectivity index (χ0n) is 18.6. The highest BCUT2D eigenvalue weighted by Crippen LogP contribution is 2.41. The Morgan fingerprint density at radius 3 is 3.06 bits per heavy atom. The van der Waals surface area contributed by atoms with Gasteiger partial charge in [0.1, 0.15) is 24.4 Å². The number of thioether (sulfide) groups is 1. The zero-order chi connectivity index (χ0) is 22.8. The van der Waals surface area contributed by atoms with Crippen LogP contribution in [0.15, 0.2) is 63.9 Å². The van der Waals surface area contributed by atoms with Crippen molar-refractivity contribution in [3.63, 3.8) is 0 Å². The van der Waals surface area contributed by atoms with Gasteiger partial charge in [0.05, 0.1) is 36.4 Å². The van der Waals surface area contributed by atoms with Gasteiger partial charge < -0.3 is 14.4 Å². The number of nitrogens with zero attached hydrogens (tertiary/aromatic N) is 2. The van der Waals surface area contributed by atoms with Gasteiger partial charge in [-0.25, -0.2) is 14.8 Å². The number of halogens is 1. The predicted molar refractivity (Wildman–Crippen MR) is 124 cm³/mol. The van der Waals surface area contributed by atoms with Gasteiger partial charge in [-0.2, -0.15) is 0 Å². The fraction of sp³-hybridized carbons (Fsp3) is 0.478. The number of hydrogen-bond donors (Lipinski definition) is 2. The van der Waals surface area contributed by atoms with E-state index in [4.69, 9.17) is 9.47 Å². The third kappa shape index (κ3) is 4.55. The molecule has 1 aliphatic carbocycles. The molecule has 32 heavy (non-hydrogen) atoms. The first kappa shape index (κ1) is 22.8. The lowest BCUT2D eigenvalue weighted by atomic mass is 9.87. The first-order valence-electron chi connectivity index (χ1n) is 10.8. The lowest BCUT2D eigenvalue weighted by Crippen LogP contribution is -2.47. The van der Waals surface area contributed by atoms with E-state index in [2.05, 4.69) is 22.4 Å². The normalized spacial score (nSPS) is 26.9. The molecule has 3 atom stereocenters. The molecule has 9 heteroatoms. The number of hydrogen-bond acceptors (Lipinski definition) is 8. The summed E-state index contributed by atoms with van der Waals surface area (Å²) >= 11 is 1.53. The maximum absolute atomic E-state index is 14.4. The summed E-state index contributed by atoms with van der Waals surface area (Å²) < 4.78 is 25.9. The lowest BCUT2D eigenvalue weighted by molar-refractivity contribution is -0.118. The monoisotopic (exact) mass is 460 g/mol. The Balaban J connectivity index is 1.48. The number of ether oxygens (including phenoxy) is 2. The van der Waals surface area contributed by atoms with Crippen molar-refractivity contribution in [2.75, 3.05) is 25.6 Å². The summed E-state index contributed by atoms with van der Waals surface area (Å²) in [5.41, 5.74) is 8.92. The van der Waals surface area contributed by atoms with E-state index >= 15 is 0 Å². The van der Waals surface area contributed by atoms with Crippen LogP contribution in [-0.2, 0) is 14.3 Å². The summed E-state index contributed by atoms with van der Waals surface area (Å²) in [5, 5.41) is 0.712. The number of nitrogens with one attached hydrogen (secondary N) is 2. The van der Waals surface area contributed by atoms with Crippen molar-refractivity contribution < 1.29 is 18.7 Å². The molecule has 0 spiro atoms. The number of aliphatic imine (C=N–C) groups is 1. The van der Waals surface area contributed by atoms with Crippen LogP contribution < -0.4 is 10.9 Å². The Morgan fingerprint density at radius 1 is 1.47 bits per heavy atom. The molecule has 7 nitrogen and oxygen atoms in total. The molecule has 2 N–H and O–H groups in total. The van der Waals surface area contributed by atoms with Crippen LogP contribution in [0.25, 0.3) is 0 Å². The number of ketones is 1. The summed E-state index contributed by atoms with van der Waals surface area (Å²) in [6.45, 7) is 11.2. The SMILES string of the molecule is C=C(C)CCOCCSC1=NC(C2=CN3C4=C(OCC3C)C(C)=C(F)C=CC4C2=O)NN1. The summed E-state index contributed by atoms with van der Waals surface area (Å²) in [4.78, 5) is 20.1. The molecule has 4 aliphatic rings.